The number of hydrogen-bond acceptors (Lipinski definition) is 2. The maximum Gasteiger partial charge on any atom is 0.254 e. The fraction of sp³-hybridized carbons (Fsp3) is 0.438. The summed E-state index contributed by atoms with van der Waals surface area (Å²) in [5.41, 5.74) is 2.03. The summed E-state index contributed by atoms with van der Waals surface area (Å²) in [4.78, 5) is 12.5. The fourth-order valence-corrected chi connectivity index (χ4v) is 3.41. The molecule has 2 heterocycles. The minimum Gasteiger partial charge on any atom is -0.314 e. The number of benzene rings is 1. The van der Waals surface area contributed by atoms with Gasteiger partial charge in [0.15, 0.2) is 0 Å². The highest BCUT2D eigenvalue weighted by Crippen LogP contribution is 2.20. The van der Waals surface area contributed by atoms with E-state index in [1.54, 1.807) is 4.57 Å². The van der Waals surface area contributed by atoms with Crippen molar-refractivity contribution in [3.8, 4) is 0 Å². The summed E-state index contributed by atoms with van der Waals surface area (Å²) in [5, 5.41) is 4.63. The van der Waals surface area contributed by atoms with Gasteiger partial charge in [-0.25, -0.2) is 0 Å². The first-order valence-electron chi connectivity index (χ1n) is 7.17. The van der Waals surface area contributed by atoms with Crippen LogP contribution in [0.25, 0.3) is 10.9 Å². The zero-order valence-corrected chi connectivity index (χ0v) is 13.2. The molecular weight excluding hydrogens is 316 g/mol. The highest BCUT2D eigenvalue weighted by molar-refractivity contribution is 9.10. The van der Waals surface area contributed by atoms with Crippen LogP contribution in [0.4, 0.5) is 0 Å². The number of nitrogens with zero attached hydrogens (tertiary/aromatic N) is 1. The maximum atomic E-state index is 12.5. The molecule has 1 saturated heterocycles. The van der Waals surface area contributed by atoms with Crippen molar-refractivity contribution in [2.75, 3.05) is 6.54 Å². The van der Waals surface area contributed by atoms with E-state index in [1.807, 2.05) is 19.2 Å². The van der Waals surface area contributed by atoms with E-state index < -0.39 is 0 Å². The van der Waals surface area contributed by atoms with E-state index in [1.165, 1.54) is 19.3 Å². The molecule has 0 amide bonds. The maximum absolute atomic E-state index is 12.5. The molecule has 3 rings (SSSR count). The second-order valence-electron chi connectivity index (χ2n) is 5.59. The second kappa shape index (κ2) is 5.70. The first-order valence-corrected chi connectivity index (χ1v) is 7.96. The minimum atomic E-state index is 0.132. The highest BCUT2D eigenvalue weighted by Gasteiger charge is 2.16. The van der Waals surface area contributed by atoms with Crippen molar-refractivity contribution < 1.29 is 0 Å². The van der Waals surface area contributed by atoms with Gasteiger partial charge in [-0.3, -0.25) is 4.79 Å². The number of pyridine rings is 1. The normalized spacial score (nSPS) is 19.4. The van der Waals surface area contributed by atoms with Crippen LogP contribution in [0.3, 0.4) is 0 Å². The number of nitrogens with one attached hydrogen (secondary N) is 1. The van der Waals surface area contributed by atoms with Crippen molar-refractivity contribution in [2.45, 2.75) is 31.7 Å². The van der Waals surface area contributed by atoms with Crippen molar-refractivity contribution in [1.29, 1.82) is 0 Å². The number of aryl methyl sites for hydroxylation is 1. The fourth-order valence-electron chi connectivity index (χ4n) is 3.03. The number of aromatic nitrogens is 1. The number of piperidine rings is 1. The van der Waals surface area contributed by atoms with Crippen LogP contribution in [0.2, 0.25) is 0 Å². The van der Waals surface area contributed by atoms with Crippen molar-refractivity contribution in [3.63, 3.8) is 0 Å². The molecule has 0 bridgehead atoms. The van der Waals surface area contributed by atoms with Crippen LogP contribution in [0.1, 0.15) is 24.8 Å². The average molecular weight is 335 g/mol. The van der Waals surface area contributed by atoms with Crippen LogP contribution in [-0.2, 0) is 13.5 Å². The SMILES string of the molecule is Cn1c(=O)c(CC2CCCCN2)cc2cc(Br)ccc21. The summed E-state index contributed by atoms with van der Waals surface area (Å²) in [6.45, 7) is 1.07. The molecule has 1 N–H and O–H groups in total. The summed E-state index contributed by atoms with van der Waals surface area (Å²) >= 11 is 3.50. The van der Waals surface area contributed by atoms with Gasteiger partial charge in [0.05, 0.1) is 5.52 Å². The summed E-state index contributed by atoms with van der Waals surface area (Å²) in [6, 6.07) is 8.54. The molecule has 1 aromatic carbocycles. The zero-order chi connectivity index (χ0) is 14.1. The monoisotopic (exact) mass is 334 g/mol. The van der Waals surface area contributed by atoms with Crippen molar-refractivity contribution in [1.82, 2.24) is 9.88 Å². The van der Waals surface area contributed by atoms with Gasteiger partial charge in [0.1, 0.15) is 0 Å². The lowest BCUT2D eigenvalue weighted by Crippen LogP contribution is -2.37. The molecule has 0 saturated carbocycles. The zero-order valence-electron chi connectivity index (χ0n) is 11.7. The minimum absolute atomic E-state index is 0.132. The van der Waals surface area contributed by atoms with Crippen molar-refractivity contribution >= 4 is 26.8 Å². The van der Waals surface area contributed by atoms with Crippen molar-refractivity contribution in [3.05, 3.63) is 44.7 Å². The van der Waals surface area contributed by atoms with Gasteiger partial charge in [-0.05, 0) is 55.5 Å². The Balaban J connectivity index is 2.01. The van der Waals surface area contributed by atoms with Gasteiger partial charge in [0, 0.05) is 23.1 Å². The number of rotatable bonds is 2. The Morgan fingerprint density at radius 3 is 2.95 bits per heavy atom. The Morgan fingerprint density at radius 2 is 2.20 bits per heavy atom. The van der Waals surface area contributed by atoms with Crippen LogP contribution < -0.4 is 10.9 Å². The molecule has 1 aliphatic rings. The Kier molecular flexibility index (Phi) is 3.94. The Bertz CT molecular complexity index is 687. The van der Waals surface area contributed by atoms with E-state index in [0.717, 1.165) is 33.9 Å². The van der Waals surface area contributed by atoms with Crippen LogP contribution in [0, 0.1) is 0 Å². The molecular formula is C16H19BrN2O. The van der Waals surface area contributed by atoms with E-state index in [4.69, 9.17) is 0 Å². The lowest BCUT2D eigenvalue weighted by molar-refractivity contribution is 0.398. The molecule has 3 nitrogen and oxygen atoms in total. The number of hydrogen-bond donors (Lipinski definition) is 1. The molecule has 1 unspecified atom stereocenters. The van der Waals surface area contributed by atoms with Gasteiger partial charge < -0.3 is 9.88 Å². The van der Waals surface area contributed by atoms with Gasteiger partial charge in [0.2, 0.25) is 0 Å². The molecule has 106 valence electrons. The van der Waals surface area contributed by atoms with Gasteiger partial charge in [0.25, 0.3) is 5.56 Å². The van der Waals surface area contributed by atoms with Gasteiger partial charge in [-0.2, -0.15) is 0 Å². The van der Waals surface area contributed by atoms with E-state index in [-0.39, 0.29) is 5.56 Å². The molecule has 2 aromatic rings. The molecule has 1 aliphatic heterocycles. The standard InChI is InChI=1S/C16H19BrN2O/c1-19-15-6-5-13(17)9-11(15)8-12(16(19)20)10-14-4-2-3-7-18-14/h5-6,8-9,14,18H,2-4,7,10H2,1H3. The van der Waals surface area contributed by atoms with E-state index in [2.05, 4.69) is 33.4 Å². The lowest BCUT2D eigenvalue weighted by Gasteiger charge is -2.23. The number of halogens is 1. The van der Waals surface area contributed by atoms with Gasteiger partial charge in [-0.15, -0.1) is 0 Å². The van der Waals surface area contributed by atoms with Crippen LogP contribution in [-0.4, -0.2) is 17.2 Å². The third kappa shape index (κ3) is 2.67. The Labute approximate surface area is 127 Å². The number of fused-ring (bicyclic) bond motifs is 1. The van der Waals surface area contributed by atoms with Crippen molar-refractivity contribution in [2.24, 2.45) is 7.05 Å². The molecule has 1 atom stereocenters. The Hall–Kier alpha value is -1.13. The first-order chi connectivity index (χ1) is 9.65. The third-order valence-corrected chi connectivity index (χ3v) is 4.63. The Morgan fingerprint density at radius 1 is 1.35 bits per heavy atom. The van der Waals surface area contributed by atoms with Gasteiger partial charge in [-0.1, -0.05) is 22.4 Å². The molecule has 20 heavy (non-hydrogen) atoms. The van der Waals surface area contributed by atoms with Gasteiger partial charge >= 0.3 is 0 Å². The molecule has 0 radical (unpaired) electrons. The van der Waals surface area contributed by atoms with E-state index in [9.17, 15) is 4.79 Å². The molecule has 1 fully saturated rings. The molecule has 0 aliphatic carbocycles. The quantitative estimate of drug-likeness (QED) is 0.916. The topological polar surface area (TPSA) is 34.0 Å². The molecule has 1 aromatic heterocycles. The smallest absolute Gasteiger partial charge is 0.254 e. The van der Waals surface area contributed by atoms with Crippen LogP contribution >= 0.6 is 15.9 Å². The summed E-state index contributed by atoms with van der Waals surface area (Å²) in [5.74, 6) is 0. The third-order valence-electron chi connectivity index (χ3n) is 4.14. The lowest BCUT2D eigenvalue weighted by atomic mass is 9.97. The predicted molar refractivity (Wildman–Crippen MR) is 86.2 cm³/mol. The van der Waals surface area contributed by atoms with Crippen LogP contribution in [0.5, 0.6) is 0 Å². The van der Waals surface area contributed by atoms with E-state index >= 15 is 0 Å². The summed E-state index contributed by atoms with van der Waals surface area (Å²) in [7, 11) is 1.86. The molecule has 0 spiro atoms. The second-order valence-corrected chi connectivity index (χ2v) is 6.50. The summed E-state index contributed by atoms with van der Waals surface area (Å²) in [6.07, 6.45) is 4.51. The van der Waals surface area contributed by atoms with Crippen LogP contribution in [0.15, 0.2) is 33.5 Å². The highest BCUT2D eigenvalue weighted by atomic mass is 79.9. The average Bonchev–Trinajstić information content (AvgIpc) is 2.45. The predicted octanol–water partition coefficient (Wildman–Crippen LogP) is 2.99. The van der Waals surface area contributed by atoms with E-state index in [0.29, 0.717) is 6.04 Å². The first kappa shape index (κ1) is 13.8. The molecule has 4 heteroatoms. The largest absolute Gasteiger partial charge is 0.314 e. The summed E-state index contributed by atoms with van der Waals surface area (Å²) < 4.78 is 2.81.